The SMILES string of the molecule is Cc1nc(NC(=O)c2ccc([N+](=O)[O-])cc2)sc1C(C)C. The Morgan fingerprint density at radius 1 is 1.33 bits per heavy atom. The highest BCUT2D eigenvalue weighted by Gasteiger charge is 2.14. The number of rotatable bonds is 4. The fraction of sp³-hybridized carbons (Fsp3) is 0.286. The molecule has 2 aromatic rings. The van der Waals surface area contributed by atoms with Gasteiger partial charge < -0.3 is 0 Å². The van der Waals surface area contributed by atoms with Crippen molar-refractivity contribution >= 4 is 28.1 Å². The lowest BCUT2D eigenvalue weighted by Gasteiger charge is -2.01. The maximum atomic E-state index is 12.1. The summed E-state index contributed by atoms with van der Waals surface area (Å²) in [5.74, 6) is 0.0291. The zero-order chi connectivity index (χ0) is 15.6. The molecule has 0 saturated carbocycles. The van der Waals surface area contributed by atoms with Gasteiger partial charge in [-0.25, -0.2) is 4.98 Å². The van der Waals surface area contributed by atoms with Crippen molar-refractivity contribution in [2.45, 2.75) is 26.7 Å². The van der Waals surface area contributed by atoms with Crippen LogP contribution >= 0.6 is 11.3 Å². The van der Waals surface area contributed by atoms with Crippen LogP contribution in [0.3, 0.4) is 0 Å². The van der Waals surface area contributed by atoms with Crippen molar-refractivity contribution in [2.24, 2.45) is 0 Å². The van der Waals surface area contributed by atoms with E-state index in [9.17, 15) is 14.9 Å². The average molecular weight is 305 g/mol. The topological polar surface area (TPSA) is 85.1 Å². The second kappa shape index (κ2) is 6.01. The number of thiazole rings is 1. The van der Waals surface area contributed by atoms with Crippen molar-refractivity contribution in [1.82, 2.24) is 4.98 Å². The lowest BCUT2D eigenvalue weighted by molar-refractivity contribution is -0.384. The van der Waals surface area contributed by atoms with Crippen LogP contribution in [0.2, 0.25) is 0 Å². The second-order valence-electron chi connectivity index (χ2n) is 4.88. The molecule has 1 N–H and O–H groups in total. The van der Waals surface area contributed by atoms with Crippen LogP contribution in [-0.4, -0.2) is 15.8 Å². The highest BCUT2D eigenvalue weighted by Crippen LogP contribution is 2.29. The van der Waals surface area contributed by atoms with Crippen LogP contribution in [-0.2, 0) is 0 Å². The summed E-state index contributed by atoms with van der Waals surface area (Å²) < 4.78 is 0. The third kappa shape index (κ3) is 3.43. The van der Waals surface area contributed by atoms with Crippen molar-refractivity contribution in [1.29, 1.82) is 0 Å². The number of aryl methyl sites for hydroxylation is 1. The monoisotopic (exact) mass is 305 g/mol. The Morgan fingerprint density at radius 3 is 2.43 bits per heavy atom. The van der Waals surface area contributed by atoms with Crippen LogP contribution in [0.4, 0.5) is 10.8 Å². The first-order chi connectivity index (χ1) is 9.88. The lowest BCUT2D eigenvalue weighted by Crippen LogP contribution is -2.11. The van der Waals surface area contributed by atoms with Gasteiger partial charge in [-0.15, -0.1) is 11.3 Å². The number of nitrogens with zero attached hydrogens (tertiary/aromatic N) is 2. The fourth-order valence-electron chi connectivity index (χ4n) is 1.90. The summed E-state index contributed by atoms with van der Waals surface area (Å²) in [6.45, 7) is 6.05. The summed E-state index contributed by atoms with van der Waals surface area (Å²) in [6.07, 6.45) is 0. The smallest absolute Gasteiger partial charge is 0.269 e. The number of amides is 1. The maximum absolute atomic E-state index is 12.1. The molecular formula is C14H15N3O3S. The van der Waals surface area contributed by atoms with Gasteiger partial charge in [0.25, 0.3) is 11.6 Å². The minimum absolute atomic E-state index is 0.0428. The standard InChI is InChI=1S/C14H15N3O3S/c1-8(2)12-9(3)15-14(21-12)16-13(18)10-4-6-11(7-5-10)17(19)20/h4-8H,1-3H3,(H,15,16,18). The minimum Gasteiger partial charge on any atom is -0.298 e. The number of non-ortho nitro benzene ring substituents is 1. The Hall–Kier alpha value is -2.28. The summed E-state index contributed by atoms with van der Waals surface area (Å²) in [5, 5.41) is 13.8. The molecule has 2 rings (SSSR count). The van der Waals surface area contributed by atoms with Crippen molar-refractivity contribution in [2.75, 3.05) is 5.32 Å². The molecule has 1 heterocycles. The van der Waals surface area contributed by atoms with Crippen molar-refractivity contribution in [3.8, 4) is 0 Å². The Kier molecular flexibility index (Phi) is 4.32. The number of anilines is 1. The molecule has 0 radical (unpaired) electrons. The highest BCUT2D eigenvalue weighted by molar-refractivity contribution is 7.16. The number of hydrogen-bond acceptors (Lipinski definition) is 5. The molecule has 1 amide bonds. The van der Waals surface area contributed by atoms with Crippen LogP contribution in [0.5, 0.6) is 0 Å². The number of carbonyl (C=O) groups is 1. The molecule has 1 aromatic carbocycles. The lowest BCUT2D eigenvalue weighted by atomic mass is 10.1. The zero-order valence-electron chi connectivity index (χ0n) is 11.9. The first-order valence-corrected chi connectivity index (χ1v) is 7.23. The Bertz CT molecular complexity index is 677. The van der Waals surface area contributed by atoms with Gasteiger partial charge in [-0.1, -0.05) is 13.8 Å². The molecule has 0 spiro atoms. The summed E-state index contributed by atoms with van der Waals surface area (Å²) in [7, 11) is 0. The van der Waals surface area contributed by atoms with E-state index in [4.69, 9.17) is 0 Å². The predicted molar refractivity (Wildman–Crippen MR) is 82.0 cm³/mol. The van der Waals surface area contributed by atoms with Gasteiger partial charge in [0.1, 0.15) is 0 Å². The number of nitrogens with one attached hydrogen (secondary N) is 1. The van der Waals surface area contributed by atoms with Crippen molar-refractivity contribution < 1.29 is 9.72 Å². The van der Waals surface area contributed by atoms with Crippen LogP contribution in [0.1, 0.15) is 40.7 Å². The number of hydrogen-bond donors (Lipinski definition) is 1. The fourth-order valence-corrected chi connectivity index (χ4v) is 2.86. The van der Waals surface area contributed by atoms with E-state index in [-0.39, 0.29) is 11.6 Å². The first kappa shape index (κ1) is 15.1. The third-order valence-corrected chi connectivity index (χ3v) is 4.29. The average Bonchev–Trinajstić information content (AvgIpc) is 2.79. The summed E-state index contributed by atoms with van der Waals surface area (Å²) in [5.41, 5.74) is 1.23. The molecule has 7 heteroatoms. The van der Waals surface area contributed by atoms with E-state index >= 15 is 0 Å². The van der Waals surface area contributed by atoms with Gasteiger partial charge in [0.2, 0.25) is 0 Å². The molecule has 0 bridgehead atoms. The molecular weight excluding hydrogens is 290 g/mol. The molecule has 0 aliphatic carbocycles. The molecule has 6 nitrogen and oxygen atoms in total. The Balaban J connectivity index is 2.14. The molecule has 0 unspecified atom stereocenters. The number of aromatic nitrogens is 1. The Morgan fingerprint density at radius 2 is 1.95 bits per heavy atom. The van der Waals surface area contributed by atoms with E-state index in [2.05, 4.69) is 24.1 Å². The van der Waals surface area contributed by atoms with E-state index < -0.39 is 4.92 Å². The van der Waals surface area contributed by atoms with Crippen LogP contribution in [0, 0.1) is 17.0 Å². The largest absolute Gasteiger partial charge is 0.298 e. The molecule has 1 aromatic heterocycles. The summed E-state index contributed by atoms with van der Waals surface area (Å²) in [6, 6.07) is 5.47. The van der Waals surface area contributed by atoms with Crippen molar-refractivity contribution in [3.63, 3.8) is 0 Å². The molecule has 0 atom stereocenters. The van der Waals surface area contributed by atoms with Gasteiger partial charge in [-0.3, -0.25) is 20.2 Å². The molecule has 0 aliphatic heterocycles. The van der Waals surface area contributed by atoms with E-state index in [1.54, 1.807) is 0 Å². The van der Waals surface area contributed by atoms with Crippen LogP contribution in [0.15, 0.2) is 24.3 Å². The third-order valence-electron chi connectivity index (χ3n) is 2.92. The summed E-state index contributed by atoms with van der Waals surface area (Å²) >= 11 is 1.45. The number of benzene rings is 1. The van der Waals surface area contributed by atoms with Crippen molar-refractivity contribution in [3.05, 3.63) is 50.5 Å². The van der Waals surface area contributed by atoms with Gasteiger partial charge in [0, 0.05) is 22.6 Å². The minimum atomic E-state index is -0.499. The second-order valence-corrected chi connectivity index (χ2v) is 5.91. The van der Waals surface area contributed by atoms with Gasteiger partial charge in [0.15, 0.2) is 5.13 Å². The van der Waals surface area contributed by atoms with Gasteiger partial charge in [0.05, 0.1) is 10.6 Å². The van der Waals surface area contributed by atoms with Crippen LogP contribution in [0.25, 0.3) is 0 Å². The Labute approximate surface area is 126 Å². The van der Waals surface area contributed by atoms with Crippen LogP contribution < -0.4 is 5.32 Å². The molecule has 0 saturated heterocycles. The molecule has 110 valence electrons. The number of nitro groups is 1. The van der Waals surface area contributed by atoms with E-state index in [0.29, 0.717) is 16.6 Å². The van der Waals surface area contributed by atoms with Gasteiger partial charge in [-0.2, -0.15) is 0 Å². The predicted octanol–water partition coefficient (Wildman–Crippen LogP) is 3.74. The highest BCUT2D eigenvalue weighted by atomic mass is 32.1. The summed E-state index contributed by atoms with van der Waals surface area (Å²) in [4.78, 5) is 27.6. The number of carbonyl (C=O) groups excluding carboxylic acids is 1. The molecule has 0 fully saturated rings. The molecule has 21 heavy (non-hydrogen) atoms. The zero-order valence-corrected chi connectivity index (χ0v) is 12.7. The van der Waals surface area contributed by atoms with E-state index in [1.165, 1.54) is 35.6 Å². The van der Waals surface area contributed by atoms with E-state index in [0.717, 1.165) is 10.6 Å². The normalized spacial score (nSPS) is 10.7. The van der Waals surface area contributed by atoms with E-state index in [1.807, 2.05) is 6.92 Å². The first-order valence-electron chi connectivity index (χ1n) is 6.41. The quantitative estimate of drug-likeness (QED) is 0.688. The van der Waals surface area contributed by atoms with Gasteiger partial charge >= 0.3 is 0 Å². The maximum Gasteiger partial charge on any atom is 0.269 e. The molecule has 0 aliphatic rings. The number of nitro benzene ring substituents is 1. The van der Waals surface area contributed by atoms with Gasteiger partial charge in [-0.05, 0) is 25.0 Å².